The molecule has 2 aromatic rings. The molecule has 0 unspecified atom stereocenters. The number of carbonyl (C=O) groups is 2. The molecule has 2 atom stereocenters. The summed E-state index contributed by atoms with van der Waals surface area (Å²) in [5.74, 6) is -1.02. The minimum atomic E-state index is -0.615. The number of amides is 2. The second-order valence-electron chi connectivity index (χ2n) is 11.3. The van der Waals surface area contributed by atoms with Crippen molar-refractivity contribution in [3.05, 3.63) is 58.9 Å². The Bertz CT molecular complexity index is 1200. The van der Waals surface area contributed by atoms with Gasteiger partial charge in [0, 0.05) is 86.6 Å². The first kappa shape index (κ1) is 25.7. The lowest BCUT2D eigenvalue weighted by Crippen LogP contribution is -2.60. The zero-order chi connectivity index (χ0) is 26.3. The van der Waals surface area contributed by atoms with Gasteiger partial charge in [-0.15, -0.1) is 0 Å². The van der Waals surface area contributed by atoms with Gasteiger partial charge in [-0.25, -0.2) is 8.78 Å². The van der Waals surface area contributed by atoms with Gasteiger partial charge < -0.3 is 15.1 Å². The molecular weight excluding hydrogens is 476 g/mol. The molecule has 0 bridgehead atoms. The number of anilines is 1. The molecule has 2 fully saturated rings. The average Bonchev–Trinajstić information content (AvgIpc) is 3.36. The Labute approximate surface area is 216 Å². The van der Waals surface area contributed by atoms with Crippen LogP contribution in [0.25, 0.3) is 0 Å². The third-order valence-electron chi connectivity index (χ3n) is 7.87. The SMILES string of the molecule is C[C@@H]1CN(CC(=O)N2CC(C)(C)c3cnc(Cc4ccc(F)cc4F)cc32)[C@@H](CN2CCCC2=O)CN1. The van der Waals surface area contributed by atoms with Gasteiger partial charge in [-0.3, -0.25) is 19.5 Å². The monoisotopic (exact) mass is 511 g/mol. The standard InChI is InChI=1S/C28H35F2N5O2/c1-18-14-34(22(12-31-18)15-33-8-4-5-26(33)36)16-27(37)35-17-28(2,3)23-13-32-21(11-25(23)35)9-19-6-7-20(29)10-24(19)30/h6-7,10-11,13,18,22,31H,4-5,8-9,12,14-17H2,1-3H3/t18-,22-/m1/s1. The summed E-state index contributed by atoms with van der Waals surface area (Å²) in [6.07, 6.45) is 3.50. The highest BCUT2D eigenvalue weighted by molar-refractivity contribution is 5.97. The zero-order valence-corrected chi connectivity index (χ0v) is 21.8. The second kappa shape index (κ2) is 10.1. The van der Waals surface area contributed by atoms with Crippen LogP contribution in [0.1, 0.15) is 50.4 Å². The third-order valence-corrected chi connectivity index (χ3v) is 7.87. The number of benzene rings is 1. The maximum atomic E-state index is 14.3. The van der Waals surface area contributed by atoms with E-state index in [0.29, 0.717) is 30.8 Å². The number of halogens is 2. The van der Waals surface area contributed by atoms with Crippen molar-refractivity contribution in [3.63, 3.8) is 0 Å². The number of nitrogens with zero attached hydrogens (tertiary/aromatic N) is 4. The van der Waals surface area contributed by atoms with Crippen molar-refractivity contribution in [2.45, 2.75) is 57.5 Å². The van der Waals surface area contributed by atoms with Crippen molar-refractivity contribution >= 4 is 17.5 Å². The van der Waals surface area contributed by atoms with Crippen LogP contribution in [0.15, 0.2) is 30.5 Å². The molecule has 4 heterocycles. The summed E-state index contributed by atoms with van der Waals surface area (Å²) in [5, 5.41) is 3.49. The van der Waals surface area contributed by atoms with Gasteiger partial charge >= 0.3 is 0 Å². The van der Waals surface area contributed by atoms with Crippen molar-refractivity contribution in [1.82, 2.24) is 20.1 Å². The fourth-order valence-corrected chi connectivity index (χ4v) is 5.79. The molecule has 37 heavy (non-hydrogen) atoms. The smallest absolute Gasteiger partial charge is 0.241 e. The van der Waals surface area contributed by atoms with E-state index in [9.17, 15) is 18.4 Å². The Morgan fingerprint density at radius 3 is 2.78 bits per heavy atom. The molecule has 3 aliphatic rings. The van der Waals surface area contributed by atoms with Crippen molar-refractivity contribution in [2.24, 2.45) is 0 Å². The molecular formula is C28H35F2N5O2. The first-order valence-electron chi connectivity index (χ1n) is 13.1. The lowest BCUT2D eigenvalue weighted by atomic mass is 9.88. The molecule has 2 saturated heterocycles. The van der Waals surface area contributed by atoms with Gasteiger partial charge in [-0.1, -0.05) is 19.9 Å². The fraction of sp³-hybridized carbons (Fsp3) is 0.536. The van der Waals surface area contributed by atoms with Gasteiger partial charge in [0.15, 0.2) is 0 Å². The zero-order valence-electron chi connectivity index (χ0n) is 21.8. The van der Waals surface area contributed by atoms with Crippen LogP contribution in [0.2, 0.25) is 0 Å². The Morgan fingerprint density at radius 2 is 2.05 bits per heavy atom. The number of fused-ring (bicyclic) bond motifs is 1. The van der Waals surface area contributed by atoms with E-state index in [1.807, 2.05) is 15.9 Å². The molecule has 7 nitrogen and oxygen atoms in total. The first-order valence-corrected chi connectivity index (χ1v) is 13.1. The minimum absolute atomic E-state index is 0.00351. The molecule has 1 aromatic heterocycles. The number of hydrogen-bond acceptors (Lipinski definition) is 5. The summed E-state index contributed by atoms with van der Waals surface area (Å²) >= 11 is 0. The van der Waals surface area contributed by atoms with E-state index in [0.717, 1.165) is 43.4 Å². The predicted octanol–water partition coefficient (Wildman–Crippen LogP) is 2.86. The van der Waals surface area contributed by atoms with Crippen LogP contribution in [0, 0.1) is 11.6 Å². The number of rotatable bonds is 6. The van der Waals surface area contributed by atoms with E-state index < -0.39 is 11.6 Å². The van der Waals surface area contributed by atoms with Crippen LogP contribution in [-0.2, 0) is 21.4 Å². The molecule has 1 N–H and O–H groups in total. The highest BCUT2D eigenvalue weighted by Crippen LogP contribution is 2.40. The van der Waals surface area contributed by atoms with Gasteiger partial charge in [0.25, 0.3) is 0 Å². The van der Waals surface area contributed by atoms with Crippen LogP contribution in [-0.4, -0.2) is 78.0 Å². The Hall–Kier alpha value is -2.91. The van der Waals surface area contributed by atoms with E-state index >= 15 is 0 Å². The summed E-state index contributed by atoms with van der Waals surface area (Å²) < 4.78 is 27.6. The topological polar surface area (TPSA) is 68.8 Å². The van der Waals surface area contributed by atoms with E-state index in [2.05, 4.69) is 36.0 Å². The highest BCUT2D eigenvalue weighted by Gasteiger charge is 2.40. The van der Waals surface area contributed by atoms with Crippen LogP contribution in [0.5, 0.6) is 0 Å². The second-order valence-corrected chi connectivity index (χ2v) is 11.3. The van der Waals surface area contributed by atoms with Crippen LogP contribution >= 0.6 is 0 Å². The Balaban J connectivity index is 1.35. The largest absolute Gasteiger partial charge is 0.341 e. The lowest BCUT2D eigenvalue weighted by molar-refractivity contribution is -0.128. The Kier molecular flexibility index (Phi) is 7.02. The van der Waals surface area contributed by atoms with E-state index in [-0.39, 0.29) is 42.3 Å². The molecule has 2 amide bonds. The van der Waals surface area contributed by atoms with Crippen molar-refractivity contribution in [1.29, 1.82) is 0 Å². The average molecular weight is 512 g/mol. The van der Waals surface area contributed by atoms with Crippen LogP contribution in [0.4, 0.5) is 14.5 Å². The highest BCUT2D eigenvalue weighted by atomic mass is 19.1. The number of hydrogen-bond donors (Lipinski definition) is 1. The summed E-state index contributed by atoms with van der Waals surface area (Å²) in [6, 6.07) is 5.75. The van der Waals surface area contributed by atoms with Crippen LogP contribution < -0.4 is 10.2 Å². The number of likely N-dealkylation sites (tertiary alicyclic amines) is 1. The first-order chi connectivity index (χ1) is 17.6. The van der Waals surface area contributed by atoms with Crippen molar-refractivity contribution < 1.29 is 18.4 Å². The number of nitrogens with one attached hydrogen (secondary N) is 1. The summed E-state index contributed by atoms with van der Waals surface area (Å²) in [5.41, 5.74) is 2.50. The van der Waals surface area contributed by atoms with Crippen LogP contribution in [0.3, 0.4) is 0 Å². The quantitative estimate of drug-likeness (QED) is 0.646. The number of pyridine rings is 1. The molecule has 0 spiro atoms. The number of carbonyl (C=O) groups excluding carboxylic acids is 2. The van der Waals surface area contributed by atoms with Gasteiger partial charge in [-0.2, -0.15) is 0 Å². The maximum absolute atomic E-state index is 14.3. The summed E-state index contributed by atoms with van der Waals surface area (Å²) in [7, 11) is 0. The molecule has 3 aliphatic heterocycles. The van der Waals surface area contributed by atoms with Gasteiger partial charge in [0.05, 0.1) is 12.2 Å². The molecule has 9 heteroatoms. The predicted molar refractivity (Wildman–Crippen MR) is 137 cm³/mol. The summed E-state index contributed by atoms with van der Waals surface area (Å²) in [4.78, 5) is 36.5. The third kappa shape index (κ3) is 5.38. The normalized spacial score (nSPS) is 23.5. The molecule has 0 aliphatic carbocycles. The summed E-state index contributed by atoms with van der Waals surface area (Å²) in [6.45, 7) is 9.97. The van der Waals surface area contributed by atoms with Gasteiger partial charge in [-0.05, 0) is 31.0 Å². The minimum Gasteiger partial charge on any atom is -0.341 e. The molecule has 198 valence electrons. The van der Waals surface area contributed by atoms with Gasteiger partial charge in [0.1, 0.15) is 11.6 Å². The fourth-order valence-electron chi connectivity index (χ4n) is 5.79. The van der Waals surface area contributed by atoms with E-state index in [1.165, 1.54) is 12.1 Å². The molecule has 1 aromatic carbocycles. The van der Waals surface area contributed by atoms with Gasteiger partial charge in [0.2, 0.25) is 11.8 Å². The van der Waals surface area contributed by atoms with Crippen molar-refractivity contribution in [3.8, 4) is 0 Å². The molecule has 0 saturated carbocycles. The molecule has 5 rings (SSSR count). The number of aromatic nitrogens is 1. The maximum Gasteiger partial charge on any atom is 0.241 e. The lowest BCUT2D eigenvalue weighted by Gasteiger charge is -2.41. The molecule has 0 radical (unpaired) electrons. The van der Waals surface area contributed by atoms with Crippen molar-refractivity contribution in [2.75, 3.05) is 44.2 Å². The van der Waals surface area contributed by atoms with E-state index in [4.69, 9.17) is 0 Å². The number of piperazine rings is 1. The van der Waals surface area contributed by atoms with E-state index in [1.54, 1.807) is 6.20 Å². The Morgan fingerprint density at radius 1 is 1.24 bits per heavy atom.